The number of hydrogen-bond donors (Lipinski definition) is 2. The van der Waals surface area contributed by atoms with Gasteiger partial charge < -0.3 is 19.7 Å². The van der Waals surface area contributed by atoms with Gasteiger partial charge in [-0.1, -0.05) is 0 Å². The van der Waals surface area contributed by atoms with Gasteiger partial charge in [-0.3, -0.25) is 0 Å². The quantitative estimate of drug-likeness (QED) is 0.533. The minimum atomic E-state index is -0.588. The zero-order valence-corrected chi connectivity index (χ0v) is 5.86. The standard InChI is InChI=1S/C6H12O4/c1-9-6-2-4(8)5(3-7)10-6/h4-8H,2-3H2,1H3/t4-,5-,6+/m1/s1. The van der Waals surface area contributed by atoms with E-state index in [4.69, 9.17) is 19.7 Å². The third-order valence-corrected chi connectivity index (χ3v) is 1.63. The number of methoxy groups -OCH3 is 1. The van der Waals surface area contributed by atoms with Crippen LogP contribution in [0.3, 0.4) is 0 Å². The van der Waals surface area contributed by atoms with Crippen molar-refractivity contribution in [1.82, 2.24) is 0 Å². The van der Waals surface area contributed by atoms with Crippen molar-refractivity contribution in [2.75, 3.05) is 13.7 Å². The first-order valence-electron chi connectivity index (χ1n) is 3.25. The van der Waals surface area contributed by atoms with E-state index >= 15 is 0 Å². The Morgan fingerprint density at radius 1 is 1.70 bits per heavy atom. The molecule has 4 heteroatoms. The van der Waals surface area contributed by atoms with E-state index in [9.17, 15) is 0 Å². The van der Waals surface area contributed by atoms with Gasteiger partial charge in [0, 0.05) is 13.5 Å². The molecule has 0 radical (unpaired) electrons. The van der Waals surface area contributed by atoms with Crippen molar-refractivity contribution in [3.8, 4) is 0 Å². The number of rotatable bonds is 2. The second-order valence-corrected chi connectivity index (χ2v) is 2.33. The van der Waals surface area contributed by atoms with Crippen LogP contribution in [0.2, 0.25) is 0 Å². The maximum absolute atomic E-state index is 9.13. The number of hydrogen-bond acceptors (Lipinski definition) is 4. The minimum Gasteiger partial charge on any atom is -0.394 e. The van der Waals surface area contributed by atoms with E-state index in [1.165, 1.54) is 7.11 Å². The van der Waals surface area contributed by atoms with Crippen molar-refractivity contribution in [3.63, 3.8) is 0 Å². The fourth-order valence-corrected chi connectivity index (χ4v) is 1.01. The van der Waals surface area contributed by atoms with E-state index in [1.807, 2.05) is 0 Å². The molecule has 1 aliphatic heterocycles. The van der Waals surface area contributed by atoms with Crippen LogP contribution in [0.4, 0.5) is 0 Å². The van der Waals surface area contributed by atoms with Crippen LogP contribution in [0.15, 0.2) is 0 Å². The van der Waals surface area contributed by atoms with Gasteiger partial charge in [0.25, 0.3) is 0 Å². The normalized spacial score (nSPS) is 40.5. The predicted octanol–water partition coefficient (Wildman–Crippen LogP) is -0.899. The molecular formula is C6H12O4. The summed E-state index contributed by atoms with van der Waals surface area (Å²) in [4.78, 5) is 0. The first-order chi connectivity index (χ1) is 4.77. The molecule has 1 saturated heterocycles. The summed E-state index contributed by atoms with van der Waals surface area (Å²) in [6.07, 6.45) is -0.964. The molecule has 0 unspecified atom stereocenters. The Kier molecular flexibility index (Phi) is 2.62. The average Bonchev–Trinajstić information content (AvgIpc) is 2.30. The maximum Gasteiger partial charge on any atom is 0.160 e. The van der Waals surface area contributed by atoms with Crippen molar-refractivity contribution in [2.24, 2.45) is 0 Å². The molecule has 4 nitrogen and oxygen atoms in total. The lowest BCUT2D eigenvalue weighted by Gasteiger charge is -2.09. The fourth-order valence-electron chi connectivity index (χ4n) is 1.01. The smallest absolute Gasteiger partial charge is 0.160 e. The highest BCUT2D eigenvalue weighted by Crippen LogP contribution is 2.19. The zero-order chi connectivity index (χ0) is 7.56. The Morgan fingerprint density at radius 3 is 2.70 bits per heavy atom. The molecule has 0 spiro atoms. The molecule has 0 aromatic heterocycles. The van der Waals surface area contributed by atoms with Crippen molar-refractivity contribution in [2.45, 2.75) is 24.9 Å². The molecule has 0 aromatic carbocycles. The van der Waals surface area contributed by atoms with Gasteiger partial charge in [0.2, 0.25) is 0 Å². The molecule has 60 valence electrons. The van der Waals surface area contributed by atoms with Gasteiger partial charge in [0.15, 0.2) is 6.29 Å². The minimum absolute atomic E-state index is 0.152. The summed E-state index contributed by atoms with van der Waals surface area (Å²) in [5.74, 6) is 0. The molecule has 0 aliphatic carbocycles. The van der Waals surface area contributed by atoms with Gasteiger partial charge in [-0.15, -0.1) is 0 Å². The number of ether oxygens (including phenoxy) is 2. The van der Waals surface area contributed by atoms with E-state index in [0.29, 0.717) is 6.42 Å². The van der Waals surface area contributed by atoms with Crippen molar-refractivity contribution >= 4 is 0 Å². The van der Waals surface area contributed by atoms with Gasteiger partial charge >= 0.3 is 0 Å². The Morgan fingerprint density at radius 2 is 2.40 bits per heavy atom. The third kappa shape index (κ3) is 1.46. The van der Waals surface area contributed by atoms with Crippen molar-refractivity contribution in [3.05, 3.63) is 0 Å². The van der Waals surface area contributed by atoms with Crippen LogP contribution >= 0.6 is 0 Å². The summed E-state index contributed by atoms with van der Waals surface area (Å²) in [6, 6.07) is 0. The molecule has 0 saturated carbocycles. The average molecular weight is 148 g/mol. The zero-order valence-electron chi connectivity index (χ0n) is 5.86. The second kappa shape index (κ2) is 3.30. The fraction of sp³-hybridized carbons (Fsp3) is 1.00. The van der Waals surface area contributed by atoms with E-state index < -0.39 is 12.2 Å². The van der Waals surface area contributed by atoms with Gasteiger partial charge in [-0.2, -0.15) is 0 Å². The third-order valence-electron chi connectivity index (χ3n) is 1.63. The van der Waals surface area contributed by atoms with Gasteiger partial charge in [0.05, 0.1) is 12.7 Å². The first-order valence-corrected chi connectivity index (χ1v) is 3.25. The summed E-state index contributed by atoms with van der Waals surface area (Å²) in [5.41, 5.74) is 0. The molecule has 1 fully saturated rings. The van der Waals surface area contributed by atoms with Gasteiger partial charge in [-0.05, 0) is 0 Å². The van der Waals surface area contributed by atoms with Gasteiger partial charge in [0.1, 0.15) is 6.10 Å². The van der Waals surface area contributed by atoms with Crippen LogP contribution in [0.25, 0.3) is 0 Å². The Labute approximate surface area is 59.4 Å². The molecule has 10 heavy (non-hydrogen) atoms. The maximum atomic E-state index is 9.13. The SMILES string of the molecule is CO[C@@H]1C[C@@H](O)[C@@H](CO)O1. The van der Waals surface area contributed by atoms with Crippen LogP contribution in [0.5, 0.6) is 0 Å². The van der Waals surface area contributed by atoms with Crippen LogP contribution in [0.1, 0.15) is 6.42 Å². The van der Waals surface area contributed by atoms with E-state index in [0.717, 1.165) is 0 Å². The summed E-state index contributed by atoms with van der Waals surface area (Å²) in [7, 11) is 1.51. The summed E-state index contributed by atoms with van der Waals surface area (Å²) in [5, 5.41) is 17.7. The first kappa shape index (κ1) is 7.94. The Balaban J connectivity index is 2.36. The lowest BCUT2D eigenvalue weighted by molar-refractivity contribution is -0.127. The van der Waals surface area contributed by atoms with Crippen LogP contribution < -0.4 is 0 Å². The molecule has 1 aliphatic rings. The van der Waals surface area contributed by atoms with Crippen LogP contribution in [0, 0.1) is 0 Å². The summed E-state index contributed by atoms with van der Waals surface area (Å²) >= 11 is 0. The van der Waals surface area contributed by atoms with E-state index in [1.54, 1.807) is 0 Å². The largest absolute Gasteiger partial charge is 0.394 e. The van der Waals surface area contributed by atoms with Gasteiger partial charge in [-0.25, -0.2) is 0 Å². The molecule has 0 amide bonds. The lowest BCUT2D eigenvalue weighted by atomic mass is 10.2. The Bertz CT molecular complexity index is 106. The Hall–Kier alpha value is -0.160. The highest BCUT2D eigenvalue weighted by Gasteiger charge is 2.32. The van der Waals surface area contributed by atoms with Crippen LogP contribution in [-0.4, -0.2) is 42.4 Å². The molecule has 1 heterocycles. The van der Waals surface area contributed by atoms with E-state index in [-0.39, 0.29) is 12.9 Å². The van der Waals surface area contributed by atoms with Crippen molar-refractivity contribution < 1.29 is 19.7 Å². The van der Waals surface area contributed by atoms with Crippen molar-refractivity contribution in [1.29, 1.82) is 0 Å². The highest BCUT2D eigenvalue weighted by atomic mass is 16.7. The summed E-state index contributed by atoms with van der Waals surface area (Å²) < 4.78 is 9.87. The molecule has 0 aromatic rings. The van der Waals surface area contributed by atoms with E-state index in [2.05, 4.69) is 0 Å². The second-order valence-electron chi connectivity index (χ2n) is 2.33. The summed E-state index contributed by atoms with van der Waals surface area (Å²) in [6.45, 7) is -0.152. The number of aliphatic hydroxyl groups excluding tert-OH is 2. The topological polar surface area (TPSA) is 58.9 Å². The molecular weight excluding hydrogens is 136 g/mol. The molecule has 3 atom stereocenters. The molecule has 2 N–H and O–H groups in total. The number of aliphatic hydroxyl groups is 2. The molecule has 1 rings (SSSR count). The lowest BCUT2D eigenvalue weighted by Crippen LogP contribution is -2.24. The van der Waals surface area contributed by atoms with Crippen LogP contribution in [-0.2, 0) is 9.47 Å². The monoisotopic (exact) mass is 148 g/mol. The predicted molar refractivity (Wildman–Crippen MR) is 33.4 cm³/mol. The molecule has 0 bridgehead atoms. The highest BCUT2D eigenvalue weighted by molar-refractivity contribution is 4.76.